The molecule has 0 radical (unpaired) electrons. The second-order valence-electron chi connectivity index (χ2n) is 6.50. The lowest BCUT2D eigenvalue weighted by Gasteiger charge is -2.36. The van der Waals surface area contributed by atoms with Crippen LogP contribution >= 0.6 is 0 Å². The first-order valence-corrected chi connectivity index (χ1v) is 8.28. The molecular formula is C19H23N3O2. The number of aliphatic hydroxyl groups excluding tert-OH is 1. The van der Waals surface area contributed by atoms with Crippen molar-refractivity contribution in [3.8, 4) is 0 Å². The summed E-state index contributed by atoms with van der Waals surface area (Å²) in [6, 6.07) is 11.7. The number of aryl methyl sites for hydroxylation is 1. The number of amides is 1. The summed E-state index contributed by atoms with van der Waals surface area (Å²) in [6.07, 6.45) is 2.65. The normalized spacial score (nSPS) is 20.8. The maximum atomic E-state index is 12.6. The van der Waals surface area contributed by atoms with Crippen molar-refractivity contribution in [2.45, 2.75) is 25.9 Å². The Morgan fingerprint density at radius 2 is 2.21 bits per heavy atom. The van der Waals surface area contributed by atoms with Crippen molar-refractivity contribution in [3.05, 3.63) is 59.3 Å². The van der Waals surface area contributed by atoms with E-state index in [1.165, 1.54) is 11.1 Å². The van der Waals surface area contributed by atoms with Crippen molar-refractivity contribution in [1.29, 1.82) is 0 Å². The Hall–Kier alpha value is -2.40. The monoisotopic (exact) mass is 325 g/mol. The van der Waals surface area contributed by atoms with Gasteiger partial charge in [0, 0.05) is 19.3 Å². The number of carbonyl (C=O) groups is 1. The topological polar surface area (TPSA) is 79.5 Å². The molecule has 0 unspecified atom stereocenters. The number of pyridine rings is 1. The number of rotatable bonds is 3. The number of piperidine rings is 1. The summed E-state index contributed by atoms with van der Waals surface area (Å²) in [5.74, 6) is 0.245. The van der Waals surface area contributed by atoms with Gasteiger partial charge in [0.25, 0.3) is 5.91 Å². The molecule has 1 amide bonds. The van der Waals surface area contributed by atoms with E-state index in [1.807, 2.05) is 6.07 Å². The molecule has 2 heterocycles. The molecule has 2 atom stereocenters. The number of anilines is 1. The van der Waals surface area contributed by atoms with Crippen LogP contribution in [0, 0.1) is 12.8 Å². The quantitative estimate of drug-likeness (QED) is 0.905. The fourth-order valence-electron chi connectivity index (χ4n) is 3.31. The summed E-state index contributed by atoms with van der Waals surface area (Å²) in [7, 11) is 0. The second-order valence-corrected chi connectivity index (χ2v) is 6.50. The van der Waals surface area contributed by atoms with Gasteiger partial charge in [0.2, 0.25) is 0 Å². The van der Waals surface area contributed by atoms with E-state index in [1.54, 1.807) is 23.2 Å². The van der Waals surface area contributed by atoms with Gasteiger partial charge in [-0.15, -0.1) is 0 Å². The van der Waals surface area contributed by atoms with Crippen molar-refractivity contribution in [3.63, 3.8) is 0 Å². The number of nitrogens with zero attached hydrogens (tertiary/aromatic N) is 2. The Labute approximate surface area is 142 Å². The summed E-state index contributed by atoms with van der Waals surface area (Å²) in [5, 5.41) is 10.5. The Kier molecular flexibility index (Phi) is 4.81. The van der Waals surface area contributed by atoms with Crippen molar-refractivity contribution in [2.75, 3.05) is 18.8 Å². The first-order valence-electron chi connectivity index (χ1n) is 8.28. The van der Waals surface area contributed by atoms with Crippen LogP contribution in [0.5, 0.6) is 0 Å². The zero-order valence-electron chi connectivity index (χ0n) is 13.9. The first kappa shape index (κ1) is 16.5. The van der Waals surface area contributed by atoms with Gasteiger partial charge in [0.15, 0.2) is 0 Å². The van der Waals surface area contributed by atoms with Crippen LogP contribution in [0.2, 0.25) is 0 Å². The molecule has 126 valence electrons. The van der Waals surface area contributed by atoms with Gasteiger partial charge in [-0.25, -0.2) is 4.98 Å². The van der Waals surface area contributed by atoms with Gasteiger partial charge >= 0.3 is 0 Å². The van der Waals surface area contributed by atoms with Crippen molar-refractivity contribution >= 4 is 11.7 Å². The molecule has 1 fully saturated rings. The molecule has 1 saturated heterocycles. The molecule has 1 aliphatic rings. The summed E-state index contributed by atoms with van der Waals surface area (Å²) in [4.78, 5) is 18.2. The van der Waals surface area contributed by atoms with Gasteiger partial charge in [-0.05, 0) is 43.4 Å². The lowest BCUT2D eigenvalue weighted by molar-refractivity contribution is 0.0198. The van der Waals surface area contributed by atoms with Crippen LogP contribution in [-0.4, -0.2) is 40.1 Å². The molecule has 1 aromatic heterocycles. The molecule has 3 rings (SSSR count). The highest BCUT2D eigenvalue weighted by Crippen LogP contribution is 2.24. The Morgan fingerprint density at radius 3 is 2.92 bits per heavy atom. The Balaban J connectivity index is 1.65. The molecule has 24 heavy (non-hydrogen) atoms. The molecule has 1 aromatic carbocycles. The van der Waals surface area contributed by atoms with E-state index >= 15 is 0 Å². The number of nitrogens with two attached hydrogens (primary N) is 1. The summed E-state index contributed by atoms with van der Waals surface area (Å²) in [5.41, 5.74) is 8.65. The van der Waals surface area contributed by atoms with E-state index < -0.39 is 6.10 Å². The minimum absolute atomic E-state index is 0.159. The highest BCUT2D eigenvalue weighted by Gasteiger charge is 2.31. The highest BCUT2D eigenvalue weighted by atomic mass is 16.3. The minimum Gasteiger partial charge on any atom is -0.391 e. The maximum absolute atomic E-state index is 12.6. The maximum Gasteiger partial charge on any atom is 0.257 e. The zero-order chi connectivity index (χ0) is 17.1. The van der Waals surface area contributed by atoms with Crippen LogP contribution in [0.15, 0.2) is 42.6 Å². The number of carbonyl (C=O) groups excluding carboxylic acids is 1. The van der Waals surface area contributed by atoms with Crippen molar-refractivity contribution < 1.29 is 9.90 Å². The second kappa shape index (κ2) is 7.01. The molecule has 1 aliphatic heterocycles. The van der Waals surface area contributed by atoms with Crippen LogP contribution in [0.1, 0.15) is 27.9 Å². The predicted molar refractivity (Wildman–Crippen MR) is 93.5 cm³/mol. The molecule has 3 N–H and O–H groups in total. The number of β-amino-alcohol motifs (C(OH)–C–C–N with tert-alkyl or cyclic N) is 1. The molecular weight excluding hydrogens is 302 g/mol. The molecule has 0 aliphatic carbocycles. The fraction of sp³-hybridized carbons (Fsp3) is 0.368. The minimum atomic E-state index is -0.527. The van der Waals surface area contributed by atoms with Crippen LogP contribution in [-0.2, 0) is 6.42 Å². The average Bonchev–Trinajstić information content (AvgIpc) is 2.56. The molecule has 0 spiro atoms. The third-order valence-corrected chi connectivity index (χ3v) is 4.66. The Morgan fingerprint density at radius 1 is 1.38 bits per heavy atom. The number of hydrogen-bond donors (Lipinski definition) is 2. The van der Waals surface area contributed by atoms with E-state index in [-0.39, 0.29) is 17.6 Å². The van der Waals surface area contributed by atoms with Crippen molar-refractivity contribution in [1.82, 2.24) is 9.88 Å². The number of aromatic nitrogens is 1. The lowest BCUT2D eigenvalue weighted by Crippen LogP contribution is -2.47. The molecule has 5 heteroatoms. The van der Waals surface area contributed by atoms with Crippen LogP contribution < -0.4 is 5.73 Å². The van der Waals surface area contributed by atoms with Gasteiger partial charge < -0.3 is 15.7 Å². The SMILES string of the molecule is Cc1cccc(C[C@H]2CCN(C(=O)c3cccnc3N)C[C@@H]2O)c1. The van der Waals surface area contributed by atoms with E-state index in [0.717, 1.165) is 12.8 Å². The van der Waals surface area contributed by atoms with E-state index in [2.05, 4.69) is 30.1 Å². The molecule has 2 aromatic rings. The smallest absolute Gasteiger partial charge is 0.257 e. The number of hydrogen-bond acceptors (Lipinski definition) is 4. The van der Waals surface area contributed by atoms with Crippen LogP contribution in [0.25, 0.3) is 0 Å². The largest absolute Gasteiger partial charge is 0.391 e. The number of benzene rings is 1. The van der Waals surface area contributed by atoms with Gasteiger partial charge in [-0.2, -0.15) is 0 Å². The lowest BCUT2D eigenvalue weighted by atomic mass is 9.87. The zero-order valence-corrected chi connectivity index (χ0v) is 13.9. The van der Waals surface area contributed by atoms with Gasteiger partial charge in [-0.1, -0.05) is 29.8 Å². The third kappa shape index (κ3) is 3.57. The van der Waals surface area contributed by atoms with Crippen LogP contribution in [0.3, 0.4) is 0 Å². The van der Waals surface area contributed by atoms with E-state index in [9.17, 15) is 9.90 Å². The first-order chi connectivity index (χ1) is 11.5. The predicted octanol–water partition coefficient (Wildman–Crippen LogP) is 2.04. The summed E-state index contributed by atoms with van der Waals surface area (Å²) in [6.45, 7) is 3.03. The highest BCUT2D eigenvalue weighted by molar-refractivity contribution is 5.98. The molecule has 0 bridgehead atoms. The number of aliphatic hydroxyl groups is 1. The van der Waals surface area contributed by atoms with Crippen LogP contribution in [0.4, 0.5) is 5.82 Å². The number of likely N-dealkylation sites (tertiary alicyclic amines) is 1. The Bertz CT molecular complexity index is 732. The van der Waals surface area contributed by atoms with Gasteiger partial charge in [0.1, 0.15) is 5.82 Å². The van der Waals surface area contributed by atoms with E-state index in [4.69, 9.17) is 5.73 Å². The van der Waals surface area contributed by atoms with Crippen molar-refractivity contribution in [2.24, 2.45) is 5.92 Å². The number of nitrogen functional groups attached to an aromatic ring is 1. The summed E-state index contributed by atoms with van der Waals surface area (Å²) < 4.78 is 0. The average molecular weight is 325 g/mol. The third-order valence-electron chi connectivity index (χ3n) is 4.66. The molecule has 0 saturated carbocycles. The fourth-order valence-corrected chi connectivity index (χ4v) is 3.31. The van der Waals surface area contributed by atoms with E-state index in [0.29, 0.717) is 18.7 Å². The molecule has 5 nitrogen and oxygen atoms in total. The van der Waals surface area contributed by atoms with Gasteiger partial charge in [-0.3, -0.25) is 4.79 Å². The standard InChI is InChI=1S/C19H23N3O2/c1-13-4-2-5-14(10-13)11-15-7-9-22(12-17(15)23)19(24)16-6-3-8-21-18(16)20/h2-6,8,10,15,17,23H,7,9,11-12H2,1H3,(H2,20,21)/t15-,17+/m1/s1. The van der Waals surface area contributed by atoms with Gasteiger partial charge in [0.05, 0.1) is 11.7 Å². The summed E-state index contributed by atoms with van der Waals surface area (Å²) >= 11 is 0.